The number of nitrogens with zero attached hydrogens (tertiary/aromatic N) is 3. The lowest BCUT2D eigenvalue weighted by atomic mass is 9.26. The van der Waals surface area contributed by atoms with Crippen LogP contribution in [0.15, 0.2) is 133 Å². The van der Waals surface area contributed by atoms with Crippen molar-refractivity contribution in [2.24, 2.45) is 0 Å². The second kappa shape index (κ2) is 12.8. The number of para-hydroxylation sites is 1. The number of hydrogen-bond donors (Lipinski definition) is 0. The van der Waals surface area contributed by atoms with Crippen molar-refractivity contribution in [1.82, 2.24) is 0 Å². The molecule has 0 radical (unpaired) electrons. The van der Waals surface area contributed by atoms with Crippen LogP contribution >= 0.6 is 0 Å². The van der Waals surface area contributed by atoms with Crippen LogP contribution in [-0.4, -0.2) is 17.8 Å². The van der Waals surface area contributed by atoms with Crippen LogP contribution in [-0.2, 0) is 16.2 Å². The first-order valence-corrected chi connectivity index (χ1v) is 22.3. The number of benzene rings is 5. The zero-order valence-electron chi connectivity index (χ0n) is 37.4. The minimum Gasteiger partial charge on any atom is -0.339 e. The molecule has 0 bridgehead atoms. The van der Waals surface area contributed by atoms with Crippen LogP contribution in [0.25, 0.3) is 0 Å². The Hall–Kier alpha value is -4.96. The van der Waals surface area contributed by atoms with Gasteiger partial charge in [-0.05, 0) is 145 Å². The van der Waals surface area contributed by atoms with Gasteiger partial charge in [-0.25, -0.2) is 0 Å². The summed E-state index contributed by atoms with van der Waals surface area (Å²) in [6.07, 6.45) is 10.2. The summed E-state index contributed by atoms with van der Waals surface area (Å²) in [5.74, 6) is 0.164. The van der Waals surface area contributed by atoms with Crippen molar-refractivity contribution in [1.29, 1.82) is 0 Å². The third-order valence-electron chi connectivity index (χ3n) is 15.5. The first kappa shape index (κ1) is 38.3. The van der Waals surface area contributed by atoms with Gasteiger partial charge < -0.3 is 14.7 Å². The van der Waals surface area contributed by atoms with E-state index in [1.54, 1.807) is 5.56 Å². The van der Waals surface area contributed by atoms with E-state index in [2.05, 4.69) is 212 Å². The van der Waals surface area contributed by atoms with Crippen LogP contribution < -0.4 is 25.6 Å². The molecule has 0 N–H and O–H groups in total. The summed E-state index contributed by atoms with van der Waals surface area (Å²) >= 11 is 0. The highest BCUT2D eigenvalue weighted by molar-refractivity contribution is 6.90. The van der Waals surface area contributed by atoms with Crippen LogP contribution in [0.1, 0.15) is 116 Å². The predicted molar refractivity (Wildman–Crippen MR) is 253 cm³/mol. The van der Waals surface area contributed by atoms with Crippen molar-refractivity contribution < 1.29 is 0 Å². The summed E-state index contributed by atoms with van der Waals surface area (Å²) in [5, 5.41) is 0. The average molecular weight is 776 g/mol. The van der Waals surface area contributed by atoms with Crippen molar-refractivity contribution in [3.8, 4) is 0 Å². The Labute approximate surface area is 354 Å². The van der Waals surface area contributed by atoms with E-state index in [-0.39, 0.29) is 34.3 Å². The molecule has 10 rings (SSSR count). The van der Waals surface area contributed by atoms with Crippen molar-refractivity contribution in [3.05, 3.63) is 161 Å². The second-order valence-corrected chi connectivity index (χ2v) is 21.4. The maximum absolute atomic E-state index is 2.92. The number of aryl methyl sites for hydroxylation is 2. The lowest BCUT2D eigenvalue weighted by Crippen LogP contribution is -2.70. The van der Waals surface area contributed by atoms with Gasteiger partial charge in [0, 0.05) is 51.1 Å². The van der Waals surface area contributed by atoms with E-state index in [9.17, 15) is 0 Å². The standard InChI is InChI=1S/C55H62BN3/c1-36-17-14-19-41(31-36)57(42-20-15-18-37(2)32-42)43-34-48-50-54(10,35-43)58(40-26-23-38(24-27-40)51(3,4)5)47-28-25-39(52(6,7)8)33-46(47)56(50)45-22-16-21-44-49(45)59(48)55(11)30-13-12-29-53(44,55)9/h14-28,31-35,50H,12-13,29-30H2,1-11H3. The fourth-order valence-electron chi connectivity index (χ4n) is 12.2. The zero-order chi connectivity index (χ0) is 41.4. The highest BCUT2D eigenvalue weighted by Crippen LogP contribution is 2.65. The van der Waals surface area contributed by atoms with E-state index >= 15 is 0 Å². The quantitative estimate of drug-likeness (QED) is 0.168. The highest BCUT2D eigenvalue weighted by atomic mass is 15.3. The van der Waals surface area contributed by atoms with Crippen LogP contribution in [0.2, 0.25) is 5.82 Å². The van der Waals surface area contributed by atoms with Crippen LogP contribution in [0.5, 0.6) is 0 Å². The minimum atomic E-state index is -0.437. The predicted octanol–water partition coefficient (Wildman–Crippen LogP) is 12.8. The number of allylic oxidation sites excluding steroid dienone is 1. The number of rotatable bonds is 4. The summed E-state index contributed by atoms with van der Waals surface area (Å²) in [6.45, 7) is 26.5. The number of hydrogen-bond acceptors (Lipinski definition) is 3. The molecular weight excluding hydrogens is 713 g/mol. The minimum absolute atomic E-state index is 0.0185. The molecule has 59 heavy (non-hydrogen) atoms. The van der Waals surface area contributed by atoms with Crippen molar-refractivity contribution in [3.63, 3.8) is 0 Å². The molecule has 3 nitrogen and oxygen atoms in total. The van der Waals surface area contributed by atoms with Gasteiger partial charge >= 0.3 is 0 Å². The lowest BCUT2D eigenvalue weighted by molar-refractivity contribution is 0.189. The second-order valence-electron chi connectivity index (χ2n) is 21.4. The molecule has 300 valence electrons. The lowest BCUT2D eigenvalue weighted by Gasteiger charge is -2.61. The molecule has 2 aliphatic carbocycles. The molecule has 5 aliphatic rings. The molecule has 5 aromatic carbocycles. The van der Waals surface area contributed by atoms with Gasteiger partial charge in [0.1, 0.15) is 0 Å². The van der Waals surface area contributed by atoms with E-state index in [1.165, 1.54) is 98.7 Å². The third-order valence-corrected chi connectivity index (χ3v) is 15.5. The summed E-state index contributed by atoms with van der Waals surface area (Å²) in [6, 6.07) is 42.6. The fourth-order valence-corrected chi connectivity index (χ4v) is 12.2. The van der Waals surface area contributed by atoms with E-state index < -0.39 is 5.54 Å². The zero-order valence-corrected chi connectivity index (χ0v) is 37.4. The van der Waals surface area contributed by atoms with Gasteiger partial charge in [-0.15, -0.1) is 0 Å². The van der Waals surface area contributed by atoms with Gasteiger partial charge in [0.25, 0.3) is 0 Å². The normalized spacial score (nSPS) is 25.4. The van der Waals surface area contributed by atoms with Crippen molar-refractivity contribution in [2.75, 3.05) is 14.7 Å². The fraction of sp³-hybridized carbons (Fsp3) is 0.382. The Balaban J connectivity index is 1.33. The van der Waals surface area contributed by atoms with Gasteiger partial charge in [0.05, 0.1) is 11.1 Å². The highest BCUT2D eigenvalue weighted by Gasteiger charge is 2.66. The summed E-state index contributed by atoms with van der Waals surface area (Å²) < 4.78 is 0. The van der Waals surface area contributed by atoms with Crippen LogP contribution in [0.3, 0.4) is 0 Å². The topological polar surface area (TPSA) is 9.72 Å². The molecule has 0 amide bonds. The van der Waals surface area contributed by atoms with Crippen molar-refractivity contribution in [2.45, 2.75) is 135 Å². The molecule has 3 heterocycles. The van der Waals surface area contributed by atoms with Gasteiger partial charge in [-0.3, -0.25) is 0 Å². The largest absolute Gasteiger partial charge is 0.339 e. The Kier molecular flexibility index (Phi) is 8.29. The molecule has 5 aromatic rings. The number of anilines is 5. The summed E-state index contributed by atoms with van der Waals surface area (Å²) in [4.78, 5) is 8.21. The summed E-state index contributed by atoms with van der Waals surface area (Å²) in [7, 11) is 0. The molecule has 0 spiro atoms. The smallest absolute Gasteiger partial charge is 0.226 e. The molecule has 4 atom stereocenters. The average Bonchev–Trinajstić information content (AvgIpc) is 3.39. The molecule has 4 unspecified atom stereocenters. The van der Waals surface area contributed by atoms with Crippen LogP contribution in [0, 0.1) is 13.8 Å². The first-order chi connectivity index (χ1) is 27.9. The monoisotopic (exact) mass is 776 g/mol. The molecule has 1 fully saturated rings. The number of fused-ring (bicyclic) bond motifs is 7. The summed E-state index contributed by atoms with van der Waals surface area (Å²) in [5.41, 5.74) is 18.6. The van der Waals surface area contributed by atoms with Gasteiger partial charge in [-0.2, -0.15) is 0 Å². The SMILES string of the molecule is Cc1cccc(N(C2=CC3(C)C4B(c5cc(C(C)(C)C)ccc5N3c3ccc(C(C)(C)C)cc3)c3cccc5c3N(C4=C2)C2(C)CCCCC52C)c2cccc(C)c2)c1. The molecule has 0 saturated heterocycles. The third kappa shape index (κ3) is 5.46. The van der Waals surface area contributed by atoms with E-state index in [0.717, 1.165) is 0 Å². The first-order valence-electron chi connectivity index (χ1n) is 22.3. The Morgan fingerprint density at radius 3 is 1.88 bits per heavy atom. The maximum Gasteiger partial charge on any atom is 0.226 e. The van der Waals surface area contributed by atoms with E-state index in [0.29, 0.717) is 0 Å². The van der Waals surface area contributed by atoms with Crippen molar-refractivity contribution >= 4 is 46.1 Å². The molecule has 1 saturated carbocycles. The molecule has 4 heteroatoms. The van der Waals surface area contributed by atoms with E-state index in [4.69, 9.17) is 0 Å². The van der Waals surface area contributed by atoms with Gasteiger partial charge in [-0.1, -0.05) is 128 Å². The molecule has 0 aromatic heterocycles. The Morgan fingerprint density at radius 1 is 0.644 bits per heavy atom. The molecule has 3 aliphatic heterocycles. The van der Waals surface area contributed by atoms with Gasteiger partial charge in [0.15, 0.2) is 0 Å². The molecular formula is C55H62BN3. The van der Waals surface area contributed by atoms with Gasteiger partial charge in [0.2, 0.25) is 6.71 Å². The Morgan fingerprint density at radius 2 is 1.25 bits per heavy atom. The Bertz CT molecular complexity index is 2540. The van der Waals surface area contributed by atoms with E-state index in [1.807, 2.05) is 0 Å². The maximum atomic E-state index is 2.92. The van der Waals surface area contributed by atoms with Crippen LogP contribution in [0.4, 0.5) is 28.4 Å².